The van der Waals surface area contributed by atoms with Gasteiger partial charge in [-0.15, -0.1) is 11.3 Å². The van der Waals surface area contributed by atoms with Crippen LogP contribution in [0.15, 0.2) is 12.4 Å². The first-order valence-electron chi connectivity index (χ1n) is 6.32. The maximum Gasteiger partial charge on any atom is 0.0900 e. The van der Waals surface area contributed by atoms with Gasteiger partial charge in [0.15, 0.2) is 0 Å². The van der Waals surface area contributed by atoms with Crippen LogP contribution in [0.1, 0.15) is 28.5 Å². The van der Waals surface area contributed by atoms with Crippen molar-refractivity contribution in [2.45, 2.75) is 33.4 Å². The summed E-state index contributed by atoms with van der Waals surface area (Å²) in [5.41, 5.74) is 2.13. The summed E-state index contributed by atoms with van der Waals surface area (Å²) in [5.74, 6) is 0. The molecule has 2 rings (SSSR count). The Balaban J connectivity index is 2.00. The lowest BCUT2D eigenvalue weighted by Crippen LogP contribution is -2.06. The summed E-state index contributed by atoms with van der Waals surface area (Å²) in [4.78, 5) is 5.74. The Kier molecular flexibility index (Phi) is 4.55. The third-order valence-electron chi connectivity index (χ3n) is 2.87. The molecule has 1 atom stereocenters. The molecule has 2 aromatic rings. The van der Waals surface area contributed by atoms with Gasteiger partial charge in [-0.1, -0.05) is 0 Å². The molecule has 0 aliphatic rings. The largest absolute Gasteiger partial charge is 0.383 e. The van der Waals surface area contributed by atoms with Crippen LogP contribution in [0.4, 0.5) is 5.69 Å². The van der Waals surface area contributed by atoms with E-state index in [4.69, 9.17) is 4.74 Å². The van der Waals surface area contributed by atoms with Crippen LogP contribution >= 0.6 is 11.3 Å². The van der Waals surface area contributed by atoms with Gasteiger partial charge in [-0.05, 0) is 20.8 Å². The van der Waals surface area contributed by atoms with Crippen molar-refractivity contribution in [3.05, 3.63) is 28.0 Å². The number of rotatable bonds is 6. The standard InChI is InChI=1S/C13H20N4OS/c1-9-13(19-11(3)15-9)10(2)16-12-7-14-17(8-12)5-6-18-4/h7-8,10,16H,5-6H2,1-4H3. The third-order valence-corrected chi connectivity index (χ3v) is 4.13. The highest BCUT2D eigenvalue weighted by Gasteiger charge is 2.13. The van der Waals surface area contributed by atoms with Crippen molar-refractivity contribution in [3.63, 3.8) is 0 Å². The molecule has 6 heteroatoms. The van der Waals surface area contributed by atoms with E-state index in [1.54, 1.807) is 18.4 Å². The van der Waals surface area contributed by atoms with Gasteiger partial charge in [-0.3, -0.25) is 4.68 Å². The van der Waals surface area contributed by atoms with Crippen LogP contribution in [0, 0.1) is 13.8 Å². The summed E-state index contributed by atoms with van der Waals surface area (Å²) in [6.45, 7) is 7.68. The quantitative estimate of drug-likeness (QED) is 0.884. The number of anilines is 1. The van der Waals surface area contributed by atoms with Crippen molar-refractivity contribution in [2.75, 3.05) is 19.0 Å². The van der Waals surface area contributed by atoms with Gasteiger partial charge in [0.25, 0.3) is 0 Å². The average molecular weight is 280 g/mol. The van der Waals surface area contributed by atoms with E-state index in [1.165, 1.54) is 4.88 Å². The Morgan fingerprint density at radius 2 is 2.26 bits per heavy atom. The van der Waals surface area contributed by atoms with Crippen molar-refractivity contribution in [3.8, 4) is 0 Å². The number of aryl methyl sites for hydroxylation is 2. The van der Waals surface area contributed by atoms with Gasteiger partial charge in [-0.2, -0.15) is 5.10 Å². The van der Waals surface area contributed by atoms with E-state index < -0.39 is 0 Å². The number of nitrogens with zero attached hydrogens (tertiary/aromatic N) is 3. The number of hydrogen-bond acceptors (Lipinski definition) is 5. The fraction of sp³-hybridized carbons (Fsp3) is 0.538. The number of methoxy groups -OCH3 is 1. The maximum absolute atomic E-state index is 5.04. The molecular weight excluding hydrogens is 260 g/mol. The second kappa shape index (κ2) is 6.16. The lowest BCUT2D eigenvalue weighted by atomic mass is 10.2. The molecule has 0 bridgehead atoms. The number of aromatic nitrogens is 3. The fourth-order valence-electron chi connectivity index (χ4n) is 2.01. The molecule has 0 aliphatic heterocycles. The minimum Gasteiger partial charge on any atom is -0.383 e. The molecule has 1 N–H and O–H groups in total. The molecule has 0 radical (unpaired) electrons. The predicted molar refractivity (Wildman–Crippen MR) is 77.7 cm³/mol. The zero-order valence-electron chi connectivity index (χ0n) is 11.8. The summed E-state index contributed by atoms with van der Waals surface area (Å²) >= 11 is 1.74. The lowest BCUT2D eigenvalue weighted by Gasteiger charge is -2.12. The Morgan fingerprint density at radius 1 is 1.47 bits per heavy atom. The van der Waals surface area contributed by atoms with Crippen molar-refractivity contribution in [1.29, 1.82) is 0 Å². The van der Waals surface area contributed by atoms with Gasteiger partial charge in [-0.25, -0.2) is 4.98 Å². The van der Waals surface area contributed by atoms with Crippen molar-refractivity contribution in [2.24, 2.45) is 0 Å². The SMILES string of the molecule is COCCn1cc(NC(C)c2sc(C)nc2C)cn1. The molecule has 104 valence electrons. The maximum atomic E-state index is 5.04. The summed E-state index contributed by atoms with van der Waals surface area (Å²) in [6, 6.07) is 0.242. The summed E-state index contributed by atoms with van der Waals surface area (Å²) in [5, 5.41) is 8.85. The van der Waals surface area contributed by atoms with E-state index >= 15 is 0 Å². The van der Waals surface area contributed by atoms with Crippen molar-refractivity contribution in [1.82, 2.24) is 14.8 Å². The number of nitrogens with one attached hydrogen (secondary N) is 1. The van der Waals surface area contributed by atoms with Gasteiger partial charge in [0.2, 0.25) is 0 Å². The Hall–Kier alpha value is -1.40. The molecule has 5 nitrogen and oxygen atoms in total. The molecule has 0 spiro atoms. The third kappa shape index (κ3) is 3.54. The summed E-state index contributed by atoms with van der Waals surface area (Å²) in [6.07, 6.45) is 3.84. The molecule has 0 aliphatic carbocycles. The minimum atomic E-state index is 0.242. The number of ether oxygens (including phenoxy) is 1. The summed E-state index contributed by atoms with van der Waals surface area (Å²) in [7, 11) is 1.69. The van der Waals surface area contributed by atoms with Crippen LogP contribution < -0.4 is 5.32 Å². The Labute approximate surface area is 117 Å². The first-order chi connectivity index (χ1) is 9.10. The highest BCUT2D eigenvalue weighted by atomic mass is 32.1. The number of hydrogen-bond donors (Lipinski definition) is 1. The van der Waals surface area contributed by atoms with Gasteiger partial charge in [0.05, 0.1) is 41.8 Å². The van der Waals surface area contributed by atoms with E-state index in [2.05, 4.69) is 29.2 Å². The molecule has 0 saturated carbocycles. The van der Waals surface area contributed by atoms with Gasteiger partial charge in [0, 0.05) is 18.2 Å². The first-order valence-corrected chi connectivity index (χ1v) is 7.13. The van der Waals surface area contributed by atoms with E-state index in [-0.39, 0.29) is 6.04 Å². The number of thiazole rings is 1. The monoisotopic (exact) mass is 280 g/mol. The smallest absolute Gasteiger partial charge is 0.0900 e. The molecule has 2 aromatic heterocycles. The molecule has 19 heavy (non-hydrogen) atoms. The molecule has 0 amide bonds. The molecule has 1 unspecified atom stereocenters. The summed E-state index contributed by atoms with van der Waals surface area (Å²) < 4.78 is 6.91. The second-order valence-electron chi connectivity index (χ2n) is 4.53. The Morgan fingerprint density at radius 3 is 2.89 bits per heavy atom. The average Bonchev–Trinajstić information content (AvgIpc) is 2.93. The highest BCUT2D eigenvalue weighted by molar-refractivity contribution is 7.11. The molecular formula is C13H20N4OS. The van der Waals surface area contributed by atoms with Crippen LogP contribution in [-0.2, 0) is 11.3 Å². The molecule has 0 saturated heterocycles. The highest BCUT2D eigenvalue weighted by Crippen LogP contribution is 2.27. The van der Waals surface area contributed by atoms with Crippen LogP contribution in [0.5, 0.6) is 0 Å². The zero-order valence-corrected chi connectivity index (χ0v) is 12.6. The van der Waals surface area contributed by atoms with E-state index in [9.17, 15) is 0 Å². The van der Waals surface area contributed by atoms with Crippen LogP contribution in [0.3, 0.4) is 0 Å². The molecule has 0 aromatic carbocycles. The van der Waals surface area contributed by atoms with Crippen LogP contribution in [0.2, 0.25) is 0 Å². The van der Waals surface area contributed by atoms with Crippen molar-refractivity contribution >= 4 is 17.0 Å². The second-order valence-corrected chi connectivity index (χ2v) is 5.77. The van der Waals surface area contributed by atoms with E-state index in [0.29, 0.717) is 6.61 Å². The topological polar surface area (TPSA) is 52.0 Å². The lowest BCUT2D eigenvalue weighted by molar-refractivity contribution is 0.183. The Bertz CT molecular complexity index is 534. The molecule has 2 heterocycles. The van der Waals surface area contributed by atoms with Gasteiger partial charge in [0.1, 0.15) is 0 Å². The van der Waals surface area contributed by atoms with Gasteiger partial charge >= 0.3 is 0 Å². The first kappa shape index (κ1) is 14.0. The van der Waals surface area contributed by atoms with Crippen LogP contribution in [-0.4, -0.2) is 28.5 Å². The van der Waals surface area contributed by atoms with E-state index in [0.717, 1.165) is 22.9 Å². The normalized spacial score (nSPS) is 12.6. The fourth-order valence-corrected chi connectivity index (χ4v) is 2.94. The van der Waals surface area contributed by atoms with Crippen LogP contribution in [0.25, 0.3) is 0 Å². The van der Waals surface area contributed by atoms with Crippen molar-refractivity contribution < 1.29 is 4.74 Å². The van der Waals surface area contributed by atoms with Gasteiger partial charge < -0.3 is 10.1 Å². The zero-order chi connectivity index (χ0) is 13.8. The van der Waals surface area contributed by atoms with E-state index in [1.807, 2.05) is 24.0 Å². The molecule has 0 fully saturated rings. The predicted octanol–water partition coefficient (Wildman–Crippen LogP) is 2.78. The minimum absolute atomic E-state index is 0.242.